The fraction of sp³-hybridized carbons (Fsp3) is 0.476. The maximum atomic E-state index is 12.8. The monoisotopic (exact) mass is 398 g/mol. The lowest BCUT2D eigenvalue weighted by atomic mass is 9.95. The number of amides is 2. The molecular weight excluding hydrogens is 372 g/mol. The van der Waals surface area contributed by atoms with Gasteiger partial charge >= 0.3 is 0 Å². The largest absolute Gasteiger partial charge is 0.351 e. The molecule has 0 saturated carbocycles. The zero-order chi connectivity index (χ0) is 19.3. The molecule has 2 aromatic rings. The Morgan fingerprint density at radius 2 is 2.07 bits per heavy atom. The van der Waals surface area contributed by atoms with Gasteiger partial charge in [-0.3, -0.25) is 19.5 Å². The highest BCUT2D eigenvalue weighted by Gasteiger charge is 2.36. The van der Waals surface area contributed by atoms with Crippen LogP contribution < -0.4 is 5.32 Å². The van der Waals surface area contributed by atoms with Gasteiger partial charge in [-0.15, -0.1) is 11.3 Å². The van der Waals surface area contributed by atoms with Crippen LogP contribution in [0, 0.1) is 5.92 Å². The van der Waals surface area contributed by atoms with Crippen LogP contribution in [0.4, 0.5) is 0 Å². The molecule has 148 valence electrons. The average Bonchev–Trinajstić information content (AvgIpc) is 3.09. The smallest absolute Gasteiger partial charge is 0.272 e. The second kappa shape index (κ2) is 8.84. The van der Waals surface area contributed by atoms with E-state index < -0.39 is 0 Å². The van der Waals surface area contributed by atoms with Crippen LogP contribution in [0.1, 0.15) is 34.6 Å². The first-order valence-electron chi connectivity index (χ1n) is 9.92. The van der Waals surface area contributed by atoms with Crippen molar-refractivity contribution >= 4 is 23.2 Å². The summed E-state index contributed by atoms with van der Waals surface area (Å²) in [4.78, 5) is 34.8. The van der Waals surface area contributed by atoms with Gasteiger partial charge in [0.15, 0.2) is 0 Å². The number of rotatable bonds is 6. The van der Waals surface area contributed by atoms with E-state index in [0.717, 1.165) is 39.0 Å². The number of pyridine rings is 1. The van der Waals surface area contributed by atoms with Crippen LogP contribution in [0.5, 0.6) is 0 Å². The van der Waals surface area contributed by atoms with E-state index in [4.69, 9.17) is 0 Å². The minimum Gasteiger partial charge on any atom is -0.351 e. The van der Waals surface area contributed by atoms with E-state index in [2.05, 4.69) is 15.2 Å². The van der Waals surface area contributed by atoms with Crippen LogP contribution >= 0.6 is 11.3 Å². The second-order valence-corrected chi connectivity index (χ2v) is 8.66. The minimum atomic E-state index is 0.0213. The number of nitrogens with zero attached hydrogens (tertiary/aromatic N) is 3. The Morgan fingerprint density at radius 1 is 1.14 bits per heavy atom. The summed E-state index contributed by atoms with van der Waals surface area (Å²) in [6, 6.07) is 9.83. The number of nitrogens with one attached hydrogen (secondary N) is 1. The lowest BCUT2D eigenvalue weighted by molar-refractivity contribution is -0.121. The third-order valence-electron chi connectivity index (χ3n) is 5.66. The highest BCUT2D eigenvalue weighted by atomic mass is 32.1. The van der Waals surface area contributed by atoms with Crippen molar-refractivity contribution in [2.75, 3.05) is 26.2 Å². The Bertz CT molecular complexity index is 796. The fourth-order valence-electron chi connectivity index (χ4n) is 4.20. The average molecular weight is 399 g/mol. The third kappa shape index (κ3) is 4.59. The Kier molecular flexibility index (Phi) is 6.02. The van der Waals surface area contributed by atoms with Crippen LogP contribution in [0.15, 0.2) is 41.9 Å². The van der Waals surface area contributed by atoms with E-state index in [-0.39, 0.29) is 11.8 Å². The summed E-state index contributed by atoms with van der Waals surface area (Å²) in [6.45, 7) is 3.84. The molecule has 5 rings (SSSR count). The van der Waals surface area contributed by atoms with E-state index in [0.29, 0.717) is 30.6 Å². The van der Waals surface area contributed by atoms with Gasteiger partial charge in [0.1, 0.15) is 5.69 Å². The van der Waals surface area contributed by atoms with Crippen LogP contribution in [-0.4, -0.2) is 58.8 Å². The number of hydrogen-bond acceptors (Lipinski definition) is 5. The normalized spacial score (nSPS) is 22.1. The number of carbonyl (C=O) groups is 2. The second-order valence-electron chi connectivity index (χ2n) is 7.62. The lowest BCUT2D eigenvalue weighted by Crippen LogP contribution is -2.45. The summed E-state index contributed by atoms with van der Waals surface area (Å²) in [6.07, 6.45) is 4.41. The number of fused-ring (bicyclic) bond motifs is 4. The molecule has 3 fully saturated rings. The molecule has 0 aromatic carbocycles. The highest BCUT2D eigenvalue weighted by molar-refractivity contribution is 7.09. The van der Waals surface area contributed by atoms with E-state index >= 15 is 0 Å². The topological polar surface area (TPSA) is 65.5 Å². The SMILES string of the molecule is O=C(CCN1C[C@H]2CC[C@@H]1CN(C(=O)c1ccccn1)C2)NCc1cccs1. The molecule has 2 bridgehead atoms. The van der Waals surface area contributed by atoms with Gasteiger partial charge in [0.05, 0.1) is 6.54 Å². The quantitative estimate of drug-likeness (QED) is 0.811. The predicted octanol–water partition coefficient (Wildman–Crippen LogP) is 2.39. The summed E-state index contributed by atoms with van der Waals surface area (Å²) >= 11 is 1.66. The maximum Gasteiger partial charge on any atom is 0.272 e. The van der Waals surface area contributed by atoms with Gasteiger partial charge in [-0.2, -0.15) is 0 Å². The summed E-state index contributed by atoms with van der Waals surface area (Å²) in [5.41, 5.74) is 0.517. The number of carbonyl (C=O) groups excluding carboxylic acids is 2. The molecule has 28 heavy (non-hydrogen) atoms. The molecule has 2 aromatic heterocycles. The molecule has 3 aliphatic heterocycles. The molecule has 3 saturated heterocycles. The van der Waals surface area contributed by atoms with Gasteiger partial charge in [0.25, 0.3) is 5.91 Å². The van der Waals surface area contributed by atoms with E-state index in [1.807, 2.05) is 34.5 Å². The number of thiophene rings is 1. The summed E-state index contributed by atoms with van der Waals surface area (Å²) in [5.74, 6) is 0.587. The van der Waals surface area contributed by atoms with Gasteiger partial charge in [-0.25, -0.2) is 0 Å². The number of hydrogen-bond donors (Lipinski definition) is 1. The first kappa shape index (κ1) is 19.1. The molecule has 0 radical (unpaired) electrons. The van der Waals surface area contributed by atoms with Crippen LogP contribution in [0.25, 0.3) is 0 Å². The van der Waals surface area contributed by atoms with Gasteiger partial charge in [0.2, 0.25) is 5.91 Å². The standard InChI is InChI=1S/C21H26N4O2S/c26-20(23-12-18-4-3-11-28-18)8-10-24-13-16-6-7-17(24)15-25(14-16)21(27)19-5-1-2-9-22-19/h1-5,9,11,16-17H,6-8,10,12-15H2,(H,23,26)/t16-,17-/m1/s1. The Balaban J connectivity index is 1.31. The zero-order valence-corrected chi connectivity index (χ0v) is 16.7. The molecule has 0 spiro atoms. The summed E-state index contributed by atoms with van der Waals surface area (Å²) < 4.78 is 0. The first-order chi connectivity index (χ1) is 13.7. The van der Waals surface area contributed by atoms with Crippen molar-refractivity contribution in [2.24, 2.45) is 5.92 Å². The Labute approximate surface area is 169 Å². The fourth-order valence-corrected chi connectivity index (χ4v) is 4.85. The molecule has 7 heteroatoms. The van der Waals surface area contributed by atoms with E-state index in [1.54, 1.807) is 23.6 Å². The molecule has 6 nitrogen and oxygen atoms in total. The van der Waals surface area contributed by atoms with E-state index in [9.17, 15) is 9.59 Å². The molecule has 5 heterocycles. The van der Waals surface area contributed by atoms with Gasteiger partial charge < -0.3 is 10.2 Å². The molecule has 3 aliphatic rings. The predicted molar refractivity (Wildman–Crippen MR) is 109 cm³/mol. The Hall–Kier alpha value is -2.25. The third-order valence-corrected chi connectivity index (χ3v) is 6.54. The molecule has 0 unspecified atom stereocenters. The highest BCUT2D eigenvalue weighted by Crippen LogP contribution is 2.28. The van der Waals surface area contributed by atoms with E-state index in [1.165, 1.54) is 4.88 Å². The molecule has 0 aliphatic carbocycles. The molecule has 2 atom stereocenters. The van der Waals surface area contributed by atoms with Crippen molar-refractivity contribution in [3.05, 3.63) is 52.5 Å². The summed E-state index contributed by atoms with van der Waals surface area (Å²) in [7, 11) is 0. The van der Waals surface area contributed by atoms with Gasteiger partial charge in [-0.05, 0) is 42.3 Å². The van der Waals surface area contributed by atoms with Crippen molar-refractivity contribution in [1.29, 1.82) is 0 Å². The maximum absolute atomic E-state index is 12.8. The zero-order valence-electron chi connectivity index (χ0n) is 15.9. The van der Waals surface area contributed by atoms with Crippen molar-refractivity contribution < 1.29 is 9.59 Å². The number of aromatic nitrogens is 1. The van der Waals surface area contributed by atoms with Crippen molar-refractivity contribution in [3.63, 3.8) is 0 Å². The van der Waals surface area contributed by atoms with Crippen molar-refractivity contribution in [2.45, 2.75) is 31.8 Å². The lowest BCUT2D eigenvalue weighted by Gasteiger charge is -2.35. The van der Waals surface area contributed by atoms with Gasteiger partial charge in [0, 0.05) is 49.7 Å². The molecule has 1 N–H and O–H groups in total. The number of piperidine rings is 1. The van der Waals surface area contributed by atoms with Crippen molar-refractivity contribution in [1.82, 2.24) is 20.1 Å². The summed E-state index contributed by atoms with van der Waals surface area (Å²) in [5, 5.41) is 5.03. The van der Waals surface area contributed by atoms with Crippen LogP contribution in [0.2, 0.25) is 0 Å². The van der Waals surface area contributed by atoms with Crippen LogP contribution in [-0.2, 0) is 11.3 Å². The van der Waals surface area contributed by atoms with Crippen LogP contribution in [0.3, 0.4) is 0 Å². The Morgan fingerprint density at radius 3 is 2.86 bits per heavy atom. The first-order valence-corrected chi connectivity index (χ1v) is 10.8. The van der Waals surface area contributed by atoms with Gasteiger partial charge in [-0.1, -0.05) is 12.1 Å². The molecular formula is C21H26N4O2S. The molecule has 2 amide bonds. The minimum absolute atomic E-state index is 0.0213. The van der Waals surface area contributed by atoms with Crippen molar-refractivity contribution in [3.8, 4) is 0 Å².